The molecule has 5 heteroatoms. The number of hydrogen-bond donors (Lipinski definition) is 1. The number of ether oxygens (including phenoxy) is 1. The molecule has 0 bridgehead atoms. The average Bonchev–Trinajstić information content (AvgIpc) is 2.95. The van der Waals surface area contributed by atoms with Crippen LogP contribution in [-0.4, -0.2) is 12.1 Å². The molecule has 1 heterocycles. The zero-order valence-electron chi connectivity index (χ0n) is 11.4. The van der Waals surface area contributed by atoms with E-state index in [1.54, 1.807) is 18.9 Å². The van der Waals surface area contributed by atoms with Crippen LogP contribution in [0.5, 0.6) is 5.75 Å². The van der Waals surface area contributed by atoms with E-state index in [9.17, 15) is 0 Å². The minimum Gasteiger partial charge on any atom is -0.497 e. The van der Waals surface area contributed by atoms with Crippen molar-refractivity contribution in [2.24, 2.45) is 0 Å². The summed E-state index contributed by atoms with van der Waals surface area (Å²) in [6.45, 7) is 0. The fraction of sp³-hybridized carbons (Fsp3) is 0.0625. The molecule has 0 aliphatic rings. The predicted octanol–water partition coefficient (Wildman–Crippen LogP) is 4.55. The van der Waals surface area contributed by atoms with Gasteiger partial charge in [0.05, 0.1) is 12.8 Å². The van der Waals surface area contributed by atoms with Gasteiger partial charge in [-0.3, -0.25) is 0 Å². The average molecular weight is 314 g/mol. The maximum atomic E-state index is 5.66. The first-order valence-electron chi connectivity index (χ1n) is 6.38. The van der Waals surface area contributed by atoms with Crippen molar-refractivity contribution in [2.45, 2.75) is 9.79 Å². The summed E-state index contributed by atoms with van der Waals surface area (Å²) in [5.41, 5.74) is 7.68. The van der Waals surface area contributed by atoms with Gasteiger partial charge in [-0.15, -0.1) is 11.3 Å². The largest absolute Gasteiger partial charge is 0.497 e. The van der Waals surface area contributed by atoms with Gasteiger partial charge < -0.3 is 10.5 Å². The van der Waals surface area contributed by atoms with Gasteiger partial charge in [-0.05, 0) is 36.4 Å². The van der Waals surface area contributed by atoms with Gasteiger partial charge in [0.1, 0.15) is 5.75 Å². The van der Waals surface area contributed by atoms with Crippen LogP contribution >= 0.6 is 23.1 Å². The lowest BCUT2D eigenvalue weighted by Gasteiger charge is -2.04. The van der Waals surface area contributed by atoms with Crippen molar-refractivity contribution in [2.75, 3.05) is 12.8 Å². The minimum atomic E-state index is 0.599. The Balaban J connectivity index is 1.74. The van der Waals surface area contributed by atoms with Gasteiger partial charge in [-0.25, -0.2) is 4.98 Å². The number of nitrogen functional groups attached to an aromatic ring is 1. The molecule has 0 spiro atoms. The number of aromatic nitrogens is 1. The van der Waals surface area contributed by atoms with Crippen molar-refractivity contribution in [1.82, 2.24) is 4.98 Å². The van der Waals surface area contributed by atoms with E-state index in [4.69, 9.17) is 10.5 Å². The van der Waals surface area contributed by atoms with Crippen LogP contribution in [0.4, 0.5) is 5.13 Å². The molecule has 0 amide bonds. The fourth-order valence-electron chi connectivity index (χ4n) is 1.89. The van der Waals surface area contributed by atoms with E-state index in [1.807, 2.05) is 17.5 Å². The number of rotatable bonds is 4. The van der Waals surface area contributed by atoms with E-state index in [0.29, 0.717) is 5.13 Å². The maximum absolute atomic E-state index is 5.66. The smallest absolute Gasteiger partial charge is 0.180 e. The van der Waals surface area contributed by atoms with Gasteiger partial charge >= 0.3 is 0 Å². The van der Waals surface area contributed by atoms with E-state index < -0.39 is 0 Å². The molecule has 0 atom stereocenters. The summed E-state index contributed by atoms with van der Waals surface area (Å²) in [7, 11) is 1.67. The summed E-state index contributed by atoms with van der Waals surface area (Å²) in [5.74, 6) is 0.871. The molecule has 3 nitrogen and oxygen atoms in total. The van der Waals surface area contributed by atoms with Crippen molar-refractivity contribution in [1.29, 1.82) is 0 Å². The molecule has 1 aromatic heterocycles. The molecule has 2 aromatic carbocycles. The molecule has 0 unspecified atom stereocenters. The number of methoxy groups -OCH3 is 1. The highest BCUT2D eigenvalue weighted by molar-refractivity contribution is 7.99. The van der Waals surface area contributed by atoms with Crippen LogP contribution in [0.1, 0.15) is 0 Å². The summed E-state index contributed by atoms with van der Waals surface area (Å²) in [6.07, 6.45) is 0. The molecule has 106 valence electrons. The van der Waals surface area contributed by atoms with E-state index in [-0.39, 0.29) is 0 Å². The standard InChI is InChI=1S/C16H14N2OS2/c1-19-12-4-8-14(9-5-12)21-13-6-2-11(3-7-13)15-10-20-16(17)18-15/h2-10H,1H3,(H2,17,18). The summed E-state index contributed by atoms with van der Waals surface area (Å²) in [5, 5.41) is 2.57. The van der Waals surface area contributed by atoms with Crippen LogP contribution in [0.25, 0.3) is 11.3 Å². The number of anilines is 1. The van der Waals surface area contributed by atoms with Crippen LogP contribution in [0, 0.1) is 0 Å². The Morgan fingerprint density at radius 3 is 2.14 bits per heavy atom. The summed E-state index contributed by atoms with van der Waals surface area (Å²) in [6, 6.07) is 16.4. The van der Waals surface area contributed by atoms with E-state index in [1.165, 1.54) is 21.1 Å². The number of benzene rings is 2. The molecule has 3 rings (SSSR count). The Morgan fingerprint density at radius 2 is 1.62 bits per heavy atom. The highest BCUT2D eigenvalue weighted by atomic mass is 32.2. The minimum absolute atomic E-state index is 0.599. The third-order valence-corrected chi connectivity index (χ3v) is 4.66. The molecule has 0 aliphatic carbocycles. The summed E-state index contributed by atoms with van der Waals surface area (Å²) in [4.78, 5) is 6.66. The molecule has 0 aliphatic heterocycles. The number of nitrogens with zero attached hydrogens (tertiary/aromatic N) is 1. The van der Waals surface area contributed by atoms with Gasteiger partial charge in [0.25, 0.3) is 0 Å². The molecule has 3 aromatic rings. The summed E-state index contributed by atoms with van der Waals surface area (Å²) < 4.78 is 5.16. The highest BCUT2D eigenvalue weighted by Gasteiger charge is 2.03. The normalized spacial score (nSPS) is 10.5. The number of nitrogens with two attached hydrogens (primary N) is 1. The maximum Gasteiger partial charge on any atom is 0.180 e. The van der Waals surface area contributed by atoms with Crippen molar-refractivity contribution in [3.05, 3.63) is 53.9 Å². The quantitative estimate of drug-likeness (QED) is 0.767. The SMILES string of the molecule is COc1ccc(Sc2ccc(-c3csc(N)n3)cc2)cc1. The molecular weight excluding hydrogens is 300 g/mol. The van der Waals surface area contributed by atoms with Crippen LogP contribution in [-0.2, 0) is 0 Å². The Morgan fingerprint density at radius 1 is 1.00 bits per heavy atom. The first-order valence-corrected chi connectivity index (χ1v) is 8.07. The second-order valence-corrected chi connectivity index (χ2v) is 6.41. The monoisotopic (exact) mass is 314 g/mol. The van der Waals surface area contributed by atoms with Gasteiger partial charge in [0.15, 0.2) is 5.13 Å². The molecule has 0 saturated carbocycles. The fourth-order valence-corrected chi connectivity index (χ4v) is 3.28. The third-order valence-electron chi connectivity index (χ3n) is 2.97. The molecule has 2 N–H and O–H groups in total. The van der Waals surface area contributed by atoms with Crippen molar-refractivity contribution < 1.29 is 4.74 Å². The van der Waals surface area contributed by atoms with E-state index in [2.05, 4.69) is 41.4 Å². The van der Waals surface area contributed by atoms with Crippen molar-refractivity contribution in [3.63, 3.8) is 0 Å². The van der Waals surface area contributed by atoms with Gasteiger partial charge in [0, 0.05) is 20.7 Å². The van der Waals surface area contributed by atoms with Crippen LogP contribution in [0.15, 0.2) is 63.7 Å². The number of thiazole rings is 1. The van der Waals surface area contributed by atoms with Crippen LogP contribution in [0.2, 0.25) is 0 Å². The molecule has 0 radical (unpaired) electrons. The predicted molar refractivity (Wildman–Crippen MR) is 89.1 cm³/mol. The van der Waals surface area contributed by atoms with Gasteiger partial charge in [-0.2, -0.15) is 0 Å². The van der Waals surface area contributed by atoms with Gasteiger partial charge in [-0.1, -0.05) is 23.9 Å². The molecular formula is C16H14N2OS2. The Kier molecular flexibility index (Phi) is 4.13. The van der Waals surface area contributed by atoms with Crippen LogP contribution in [0.3, 0.4) is 0 Å². The van der Waals surface area contributed by atoms with Crippen molar-refractivity contribution >= 4 is 28.2 Å². The highest BCUT2D eigenvalue weighted by Crippen LogP contribution is 2.31. The second kappa shape index (κ2) is 6.20. The zero-order chi connectivity index (χ0) is 14.7. The Hall–Kier alpha value is -1.98. The number of hydrogen-bond acceptors (Lipinski definition) is 5. The zero-order valence-corrected chi connectivity index (χ0v) is 13.1. The Labute approximate surface area is 131 Å². The van der Waals surface area contributed by atoms with Crippen LogP contribution < -0.4 is 10.5 Å². The second-order valence-electron chi connectivity index (χ2n) is 4.37. The van der Waals surface area contributed by atoms with Gasteiger partial charge in [0.2, 0.25) is 0 Å². The van der Waals surface area contributed by atoms with E-state index >= 15 is 0 Å². The first kappa shape index (κ1) is 14.0. The topological polar surface area (TPSA) is 48.1 Å². The lowest BCUT2D eigenvalue weighted by Crippen LogP contribution is -1.83. The third kappa shape index (κ3) is 3.37. The first-order chi connectivity index (χ1) is 10.2. The molecule has 0 fully saturated rings. The van der Waals surface area contributed by atoms with Crippen molar-refractivity contribution in [3.8, 4) is 17.0 Å². The molecule has 0 saturated heterocycles. The molecule has 21 heavy (non-hydrogen) atoms. The summed E-state index contributed by atoms with van der Waals surface area (Å²) >= 11 is 3.18. The van der Waals surface area contributed by atoms with E-state index in [0.717, 1.165) is 17.0 Å². The lowest BCUT2D eigenvalue weighted by molar-refractivity contribution is 0.414. The lowest BCUT2D eigenvalue weighted by atomic mass is 10.2. The Bertz CT molecular complexity index is 721.